The van der Waals surface area contributed by atoms with Crippen LogP contribution in [0.3, 0.4) is 0 Å². The third-order valence-corrected chi connectivity index (χ3v) is 4.06. The number of nitrogens with zero attached hydrogens (tertiary/aromatic N) is 3. The molecule has 104 valence electrons. The first-order valence-electron chi connectivity index (χ1n) is 6.82. The summed E-state index contributed by atoms with van der Waals surface area (Å²) in [5.74, 6) is 1.08. The van der Waals surface area contributed by atoms with Crippen molar-refractivity contribution < 1.29 is 0 Å². The van der Waals surface area contributed by atoms with Gasteiger partial charge in [-0.15, -0.1) is 10.2 Å². The van der Waals surface area contributed by atoms with Gasteiger partial charge in [-0.1, -0.05) is 41.9 Å². The van der Waals surface area contributed by atoms with E-state index in [9.17, 15) is 0 Å². The topological polar surface area (TPSA) is 55.0 Å². The van der Waals surface area contributed by atoms with E-state index in [1.54, 1.807) is 6.07 Å². The molecule has 0 bridgehead atoms. The number of rotatable bonds is 2. The average Bonchev–Trinajstić information content (AvgIpc) is 2.51. The van der Waals surface area contributed by atoms with E-state index in [0.717, 1.165) is 31.6 Å². The summed E-state index contributed by atoms with van der Waals surface area (Å²) in [6, 6.07) is 12.5. The van der Waals surface area contributed by atoms with Crippen LogP contribution in [0.25, 0.3) is 0 Å². The van der Waals surface area contributed by atoms with Crippen LogP contribution >= 0.6 is 11.6 Å². The number of benzene rings is 1. The van der Waals surface area contributed by atoms with Crippen molar-refractivity contribution in [3.05, 3.63) is 47.1 Å². The van der Waals surface area contributed by atoms with E-state index in [4.69, 9.17) is 17.3 Å². The molecule has 3 rings (SSSR count). The van der Waals surface area contributed by atoms with Gasteiger partial charge in [-0.25, -0.2) is 0 Å². The third-order valence-electron chi connectivity index (χ3n) is 3.88. The minimum Gasteiger partial charge on any atom is -0.380 e. The van der Waals surface area contributed by atoms with Crippen LogP contribution in [0.1, 0.15) is 24.3 Å². The molecule has 0 aliphatic carbocycles. The minimum atomic E-state index is 0.388. The summed E-state index contributed by atoms with van der Waals surface area (Å²) in [5.41, 5.74) is 8.21. The molecule has 0 radical (unpaired) electrons. The highest BCUT2D eigenvalue weighted by molar-refractivity contribution is 6.29. The van der Waals surface area contributed by atoms with Gasteiger partial charge < -0.3 is 10.6 Å². The van der Waals surface area contributed by atoms with E-state index in [0.29, 0.717) is 16.9 Å². The van der Waals surface area contributed by atoms with Crippen molar-refractivity contribution >= 4 is 23.1 Å². The zero-order chi connectivity index (χ0) is 13.9. The third kappa shape index (κ3) is 2.70. The molecule has 5 heteroatoms. The van der Waals surface area contributed by atoms with E-state index in [-0.39, 0.29) is 0 Å². The molecule has 1 aromatic heterocycles. The first kappa shape index (κ1) is 13.2. The van der Waals surface area contributed by atoms with Crippen LogP contribution in [0.5, 0.6) is 0 Å². The largest absolute Gasteiger partial charge is 0.380 e. The molecule has 0 amide bonds. The summed E-state index contributed by atoms with van der Waals surface area (Å²) in [6.45, 7) is 1.93. The second-order valence-electron chi connectivity index (χ2n) is 5.11. The lowest BCUT2D eigenvalue weighted by Gasteiger charge is -2.34. The lowest BCUT2D eigenvalue weighted by molar-refractivity contribution is 0.505. The van der Waals surface area contributed by atoms with E-state index in [2.05, 4.69) is 45.4 Å². The molecular weight excluding hydrogens is 272 g/mol. The van der Waals surface area contributed by atoms with Gasteiger partial charge in [0.2, 0.25) is 0 Å². The van der Waals surface area contributed by atoms with Crippen molar-refractivity contribution in [2.75, 3.05) is 23.7 Å². The number of hydrogen-bond acceptors (Lipinski definition) is 4. The molecule has 0 saturated carbocycles. The van der Waals surface area contributed by atoms with Gasteiger partial charge in [0.25, 0.3) is 0 Å². The molecule has 2 N–H and O–H groups in total. The Morgan fingerprint density at radius 2 is 1.80 bits per heavy atom. The maximum Gasteiger partial charge on any atom is 0.169 e. The number of hydrogen-bond donors (Lipinski definition) is 1. The van der Waals surface area contributed by atoms with Crippen molar-refractivity contribution in [2.45, 2.75) is 18.8 Å². The van der Waals surface area contributed by atoms with E-state index in [1.807, 2.05) is 0 Å². The molecule has 20 heavy (non-hydrogen) atoms. The fourth-order valence-electron chi connectivity index (χ4n) is 2.80. The Kier molecular flexibility index (Phi) is 3.74. The van der Waals surface area contributed by atoms with Crippen molar-refractivity contribution in [2.24, 2.45) is 0 Å². The van der Waals surface area contributed by atoms with E-state index >= 15 is 0 Å². The standard InChI is InChI=1S/C15H17ClN4/c16-14-10-13(15(17)19-18-14)20-8-6-12(7-9-20)11-4-2-1-3-5-11/h1-5,10,12H,6-9H2,(H2,17,19). The van der Waals surface area contributed by atoms with Crippen LogP contribution in [0.4, 0.5) is 11.5 Å². The number of anilines is 2. The average molecular weight is 289 g/mol. The van der Waals surface area contributed by atoms with Crippen LogP contribution in [0, 0.1) is 0 Å². The monoisotopic (exact) mass is 288 g/mol. The van der Waals surface area contributed by atoms with Crippen molar-refractivity contribution in [1.82, 2.24) is 10.2 Å². The first-order chi connectivity index (χ1) is 9.74. The van der Waals surface area contributed by atoms with E-state index < -0.39 is 0 Å². The van der Waals surface area contributed by atoms with Crippen molar-refractivity contribution in [3.63, 3.8) is 0 Å². The van der Waals surface area contributed by atoms with Crippen LogP contribution in [-0.4, -0.2) is 23.3 Å². The number of piperidine rings is 1. The quantitative estimate of drug-likeness (QED) is 0.922. The Bertz CT molecular complexity index is 580. The molecular formula is C15H17ClN4. The van der Waals surface area contributed by atoms with Crippen molar-refractivity contribution in [3.8, 4) is 0 Å². The number of aromatic nitrogens is 2. The summed E-state index contributed by atoms with van der Waals surface area (Å²) in [7, 11) is 0. The van der Waals surface area contributed by atoms with Gasteiger partial charge in [0, 0.05) is 19.2 Å². The van der Waals surface area contributed by atoms with Crippen LogP contribution < -0.4 is 10.6 Å². The Labute approximate surface area is 123 Å². The maximum atomic E-state index is 5.90. The molecule has 1 aliphatic rings. The molecule has 4 nitrogen and oxygen atoms in total. The molecule has 1 aliphatic heterocycles. The van der Waals surface area contributed by atoms with Gasteiger partial charge in [-0.3, -0.25) is 0 Å². The van der Waals surface area contributed by atoms with Crippen LogP contribution in [-0.2, 0) is 0 Å². The van der Waals surface area contributed by atoms with Crippen LogP contribution in [0.2, 0.25) is 5.15 Å². The maximum absolute atomic E-state index is 5.90. The highest BCUT2D eigenvalue weighted by Gasteiger charge is 2.22. The molecule has 1 saturated heterocycles. The zero-order valence-corrected chi connectivity index (χ0v) is 11.9. The lowest BCUT2D eigenvalue weighted by atomic mass is 9.89. The predicted molar refractivity (Wildman–Crippen MR) is 82.1 cm³/mol. The smallest absolute Gasteiger partial charge is 0.169 e. The number of nitrogen functional groups attached to an aromatic ring is 1. The molecule has 2 heterocycles. The zero-order valence-electron chi connectivity index (χ0n) is 11.2. The fraction of sp³-hybridized carbons (Fsp3) is 0.333. The summed E-state index contributed by atoms with van der Waals surface area (Å²) in [5, 5.41) is 8.03. The first-order valence-corrected chi connectivity index (χ1v) is 7.20. The molecule has 1 aromatic carbocycles. The van der Waals surface area contributed by atoms with Gasteiger partial charge in [-0.2, -0.15) is 0 Å². The Morgan fingerprint density at radius 3 is 2.50 bits per heavy atom. The van der Waals surface area contributed by atoms with Gasteiger partial charge >= 0.3 is 0 Å². The number of nitrogens with two attached hydrogens (primary N) is 1. The summed E-state index contributed by atoms with van der Waals surface area (Å²) >= 11 is 5.90. The normalized spacial score (nSPS) is 16.4. The van der Waals surface area contributed by atoms with Crippen LogP contribution in [0.15, 0.2) is 36.4 Å². The summed E-state index contributed by atoms with van der Waals surface area (Å²) in [6.07, 6.45) is 2.23. The summed E-state index contributed by atoms with van der Waals surface area (Å²) < 4.78 is 0. The number of halogens is 1. The van der Waals surface area contributed by atoms with Crippen molar-refractivity contribution in [1.29, 1.82) is 0 Å². The highest BCUT2D eigenvalue weighted by atomic mass is 35.5. The second kappa shape index (κ2) is 5.67. The van der Waals surface area contributed by atoms with E-state index in [1.165, 1.54) is 5.56 Å². The van der Waals surface area contributed by atoms with Gasteiger partial charge in [-0.05, 0) is 24.3 Å². The Balaban J connectivity index is 1.71. The highest BCUT2D eigenvalue weighted by Crippen LogP contribution is 2.32. The van der Waals surface area contributed by atoms with Gasteiger partial charge in [0.05, 0.1) is 5.69 Å². The summed E-state index contributed by atoms with van der Waals surface area (Å²) in [4.78, 5) is 2.25. The van der Waals surface area contributed by atoms with Gasteiger partial charge in [0.15, 0.2) is 11.0 Å². The predicted octanol–water partition coefficient (Wildman–Crippen LogP) is 3.10. The Hall–Kier alpha value is -1.81. The minimum absolute atomic E-state index is 0.388. The molecule has 0 spiro atoms. The lowest BCUT2D eigenvalue weighted by Crippen LogP contribution is -2.33. The second-order valence-corrected chi connectivity index (χ2v) is 5.50. The molecule has 0 atom stereocenters. The SMILES string of the molecule is Nc1nnc(Cl)cc1N1CCC(c2ccccc2)CC1. The fourth-order valence-corrected chi connectivity index (χ4v) is 2.94. The van der Waals surface area contributed by atoms with Gasteiger partial charge in [0.1, 0.15) is 0 Å². The molecule has 2 aromatic rings. The molecule has 1 fully saturated rings. The Morgan fingerprint density at radius 1 is 1.10 bits per heavy atom. The molecule has 0 unspecified atom stereocenters.